The minimum absolute atomic E-state index is 0.619. The normalized spacial score (nSPS) is 27.7. The highest BCUT2D eigenvalue weighted by Gasteiger charge is 2.32. The van der Waals surface area contributed by atoms with E-state index in [0.29, 0.717) is 12.0 Å². The third-order valence-corrected chi connectivity index (χ3v) is 3.65. The van der Waals surface area contributed by atoms with Crippen LogP contribution in [-0.2, 0) is 0 Å². The quantitative estimate of drug-likeness (QED) is 0.629. The average molecular weight is 199 g/mol. The van der Waals surface area contributed by atoms with E-state index in [1.54, 1.807) is 5.57 Å². The van der Waals surface area contributed by atoms with E-state index >= 15 is 0 Å². The van der Waals surface area contributed by atoms with E-state index in [4.69, 9.17) is 0 Å². The summed E-state index contributed by atoms with van der Waals surface area (Å²) in [6.45, 7) is 4.43. The number of nitrogens with one attached hydrogen (secondary N) is 1. The van der Waals surface area contributed by atoms with Gasteiger partial charge in [-0.1, -0.05) is 29.3 Å². The molecule has 0 radical (unpaired) electrons. The molecule has 15 heavy (non-hydrogen) atoms. The number of anilines is 1. The molecule has 0 amide bonds. The van der Waals surface area contributed by atoms with Crippen LogP contribution in [0.3, 0.4) is 0 Å². The van der Waals surface area contributed by atoms with Gasteiger partial charge in [0.15, 0.2) is 0 Å². The van der Waals surface area contributed by atoms with Crippen molar-refractivity contribution in [1.29, 1.82) is 0 Å². The smallest absolute Gasteiger partial charge is 0.0382 e. The van der Waals surface area contributed by atoms with Crippen molar-refractivity contribution in [2.45, 2.75) is 38.6 Å². The van der Waals surface area contributed by atoms with E-state index in [1.807, 2.05) is 0 Å². The summed E-state index contributed by atoms with van der Waals surface area (Å²) in [6.07, 6.45) is 4.98. The summed E-state index contributed by atoms with van der Waals surface area (Å²) >= 11 is 0. The molecule has 1 heterocycles. The van der Waals surface area contributed by atoms with E-state index < -0.39 is 0 Å². The largest absolute Gasteiger partial charge is 0.381 e. The monoisotopic (exact) mass is 199 g/mol. The minimum Gasteiger partial charge on any atom is -0.381 e. The zero-order valence-electron chi connectivity index (χ0n) is 9.38. The first-order chi connectivity index (χ1) is 7.24. The lowest BCUT2D eigenvalue weighted by Crippen LogP contribution is -2.22. The Morgan fingerprint density at radius 3 is 3.00 bits per heavy atom. The second-order valence-corrected chi connectivity index (χ2v) is 4.92. The minimum atomic E-state index is 0.619. The number of allylic oxidation sites excluding steroid dienone is 1. The highest BCUT2D eigenvalue weighted by Crippen LogP contribution is 2.42. The summed E-state index contributed by atoms with van der Waals surface area (Å²) in [5.41, 5.74) is 5.76. The standard InChI is InChI=1S/C14H17N/c1-9-3-5-13-11(7-9)12-8-10(2)4-6-14(12)15-13/h3,5,7-8,12,14-15H,4,6H2,1-2H3. The summed E-state index contributed by atoms with van der Waals surface area (Å²) in [5, 5.41) is 3.64. The average Bonchev–Trinajstić information content (AvgIpc) is 2.56. The molecule has 0 saturated heterocycles. The Bertz CT molecular complexity index is 431. The van der Waals surface area contributed by atoms with Crippen LogP contribution in [-0.4, -0.2) is 6.04 Å². The SMILES string of the molecule is CC1=CC2c3cc(C)ccc3NC2CC1. The van der Waals surface area contributed by atoms with Crippen molar-refractivity contribution >= 4 is 5.69 Å². The predicted octanol–water partition coefficient (Wildman–Crippen LogP) is 3.61. The van der Waals surface area contributed by atoms with Gasteiger partial charge in [-0.3, -0.25) is 0 Å². The third-order valence-electron chi connectivity index (χ3n) is 3.65. The van der Waals surface area contributed by atoms with Gasteiger partial charge in [-0.25, -0.2) is 0 Å². The van der Waals surface area contributed by atoms with Gasteiger partial charge in [0.2, 0.25) is 0 Å². The predicted molar refractivity (Wildman–Crippen MR) is 64.3 cm³/mol. The molecule has 1 aromatic carbocycles. The Morgan fingerprint density at radius 1 is 1.27 bits per heavy atom. The maximum absolute atomic E-state index is 3.64. The van der Waals surface area contributed by atoms with Crippen LogP contribution in [0.4, 0.5) is 5.69 Å². The first kappa shape index (κ1) is 9.02. The van der Waals surface area contributed by atoms with E-state index in [9.17, 15) is 0 Å². The topological polar surface area (TPSA) is 12.0 Å². The molecule has 0 bridgehead atoms. The van der Waals surface area contributed by atoms with Crippen molar-refractivity contribution in [3.63, 3.8) is 0 Å². The van der Waals surface area contributed by atoms with E-state index in [1.165, 1.54) is 29.7 Å². The second kappa shape index (κ2) is 3.13. The highest BCUT2D eigenvalue weighted by molar-refractivity contribution is 5.62. The van der Waals surface area contributed by atoms with Crippen LogP contribution in [0.1, 0.15) is 36.8 Å². The highest BCUT2D eigenvalue weighted by atomic mass is 15.0. The Balaban J connectivity index is 2.08. The van der Waals surface area contributed by atoms with Crippen LogP contribution in [0.5, 0.6) is 0 Å². The van der Waals surface area contributed by atoms with Gasteiger partial charge in [-0.15, -0.1) is 0 Å². The summed E-state index contributed by atoms with van der Waals surface area (Å²) < 4.78 is 0. The van der Waals surface area contributed by atoms with Crippen molar-refractivity contribution in [2.75, 3.05) is 5.32 Å². The molecule has 78 valence electrons. The van der Waals surface area contributed by atoms with Crippen LogP contribution in [0.15, 0.2) is 29.8 Å². The van der Waals surface area contributed by atoms with Crippen molar-refractivity contribution in [2.24, 2.45) is 0 Å². The van der Waals surface area contributed by atoms with Crippen LogP contribution in [0.2, 0.25) is 0 Å². The molecule has 2 aliphatic rings. The fourth-order valence-electron chi connectivity index (χ4n) is 2.83. The van der Waals surface area contributed by atoms with Crippen LogP contribution >= 0.6 is 0 Å². The maximum atomic E-state index is 3.64. The second-order valence-electron chi connectivity index (χ2n) is 4.92. The molecular weight excluding hydrogens is 182 g/mol. The molecule has 1 aliphatic carbocycles. The summed E-state index contributed by atoms with van der Waals surface area (Å²) in [5.74, 6) is 0.619. The lowest BCUT2D eigenvalue weighted by atomic mass is 9.84. The lowest BCUT2D eigenvalue weighted by Gasteiger charge is -2.23. The summed E-state index contributed by atoms with van der Waals surface area (Å²) in [6, 6.07) is 7.40. The van der Waals surface area contributed by atoms with E-state index in [-0.39, 0.29) is 0 Å². The zero-order valence-corrected chi connectivity index (χ0v) is 9.38. The van der Waals surface area contributed by atoms with Gasteiger partial charge in [0.1, 0.15) is 0 Å². The first-order valence-corrected chi connectivity index (χ1v) is 5.78. The molecule has 0 fully saturated rings. The van der Waals surface area contributed by atoms with Crippen LogP contribution in [0, 0.1) is 6.92 Å². The fourth-order valence-corrected chi connectivity index (χ4v) is 2.83. The summed E-state index contributed by atoms with van der Waals surface area (Å²) in [7, 11) is 0. The number of hydrogen-bond donors (Lipinski definition) is 1. The number of benzene rings is 1. The van der Waals surface area contributed by atoms with Gasteiger partial charge in [-0.05, 0) is 38.3 Å². The molecule has 0 spiro atoms. The molecule has 1 N–H and O–H groups in total. The Morgan fingerprint density at radius 2 is 2.13 bits per heavy atom. The Labute approximate surface area is 91.2 Å². The number of fused-ring (bicyclic) bond motifs is 3. The van der Waals surface area contributed by atoms with E-state index in [2.05, 4.69) is 43.4 Å². The van der Waals surface area contributed by atoms with Gasteiger partial charge < -0.3 is 5.32 Å². The van der Waals surface area contributed by atoms with Crippen molar-refractivity contribution in [1.82, 2.24) is 0 Å². The van der Waals surface area contributed by atoms with Crippen molar-refractivity contribution in [3.8, 4) is 0 Å². The molecule has 2 atom stereocenters. The van der Waals surface area contributed by atoms with Gasteiger partial charge in [0.05, 0.1) is 0 Å². The van der Waals surface area contributed by atoms with Crippen LogP contribution < -0.4 is 5.32 Å². The van der Waals surface area contributed by atoms with Gasteiger partial charge in [0, 0.05) is 17.6 Å². The number of aryl methyl sites for hydroxylation is 1. The third kappa shape index (κ3) is 1.38. The van der Waals surface area contributed by atoms with Gasteiger partial charge in [-0.2, -0.15) is 0 Å². The lowest BCUT2D eigenvalue weighted by molar-refractivity contribution is 0.589. The molecular formula is C14H17N. The number of rotatable bonds is 0. The Kier molecular flexibility index (Phi) is 1.88. The first-order valence-electron chi connectivity index (χ1n) is 5.78. The molecule has 0 saturated carbocycles. The van der Waals surface area contributed by atoms with E-state index in [0.717, 1.165) is 0 Å². The van der Waals surface area contributed by atoms with Crippen LogP contribution in [0.25, 0.3) is 0 Å². The van der Waals surface area contributed by atoms with Crippen molar-refractivity contribution in [3.05, 3.63) is 41.0 Å². The zero-order chi connectivity index (χ0) is 10.4. The van der Waals surface area contributed by atoms with Gasteiger partial charge >= 0.3 is 0 Å². The Hall–Kier alpha value is -1.24. The molecule has 1 aliphatic heterocycles. The number of hydrogen-bond acceptors (Lipinski definition) is 1. The molecule has 3 rings (SSSR count). The molecule has 1 heteroatoms. The summed E-state index contributed by atoms with van der Waals surface area (Å²) in [4.78, 5) is 0. The maximum Gasteiger partial charge on any atom is 0.0382 e. The van der Waals surface area contributed by atoms with Crippen molar-refractivity contribution < 1.29 is 0 Å². The molecule has 1 aromatic rings. The van der Waals surface area contributed by atoms with Gasteiger partial charge in [0.25, 0.3) is 0 Å². The molecule has 1 nitrogen and oxygen atoms in total. The molecule has 2 unspecified atom stereocenters. The fraction of sp³-hybridized carbons (Fsp3) is 0.429. The molecule has 0 aromatic heterocycles.